The fourth-order valence-electron chi connectivity index (χ4n) is 4.80. The van der Waals surface area contributed by atoms with Gasteiger partial charge in [-0.2, -0.15) is 0 Å². The smallest absolute Gasteiger partial charge is 0.325 e. The quantitative estimate of drug-likeness (QED) is 0.543. The molecule has 2 aliphatic rings. The fraction of sp³-hybridized carbons (Fsp3) is 0.423. The van der Waals surface area contributed by atoms with Gasteiger partial charge >= 0.3 is 6.03 Å². The molecule has 0 aliphatic carbocycles. The molecule has 188 valence electrons. The summed E-state index contributed by atoms with van der Waals surface area (Å²) in [6.07, 6.45) is 1.93. The molecular formula is C26H33ClN4O4. The number of rotatable bonds is 8. The van der Waals surface area contributed by atoms with Crippen molar-refractivity contribution in [3.05, 3.63) is 65.7 Å². The van der Waals surface area contributed by atoms with Crippen LogP contribution in [0.5, 0.6) is 5.75 Å². The Kier molecular flexibility index (Phi) is 8.75. The van der Waals surface area contributed by atoms with Crippen LogP contribution in [-0.2, 0) is 16.1 Å². The SMILES string of the molecule is COc1ccc(CN2C(=O)NC3(CCN(CC[C@H](NC(C)=O)c4ccccc4)CC3)C2=O)cc1.Cl. The summed E-state index contributed by atoms with van der Waals surface area (Å²) in [6, 6.07) is 17.0. The molecule has 0 bridgehead atoms. The number of halogens is 1. The van der Waals surface area contributed by atoms with Crippen LogP contribution in [0.4, 0.5) is 4.79 Å². The summed E-state index contributed by atoms with van der Waals surface area (Å²) in [7, 11) is 1.60. The highest BCUT2D eigenvalue weighted by Crippen LogP contribution is 2.31. The monoisotopic (exact) mass is 500 g/mol. The van der Waals surface area contributed by atoms with Gasteiger partial charge in [-0.3, -0.25) is 14.5 Å². The van der Waals surface area contributed by atoms with E-state index in [9.17, 15) is 14.4 Å². The van der Waals surface area contributed by atoms with Crippen LogP contribution in [0.1, 0.15) is 43.4 Å². The van der Waals surface area contributed by atoms with Crippen LogP contribution in [0.15, 0.2) is 54.6 Å². The second-order valence-corrected chi connectivity index (χ2v) is 9.05. The molecule has 2 N–H and O–H groups in total. The first-order chi connectivity index (χ1) is 16.4. The summed E-state index contributed by atoms with van der Waals surface area (Å²) in [5.41, 5.74) is 1.14. The number of amides is 4. The molecule has 2 aromatic carbocycles. The number of methoxy groups -OCH3 is 1. The molecule has 4 amide bonds. The molecule has 0 aromatic heterocycles. The van der Waals surface area contributed by atoms with E-state index in [1.54, 1.807) is 7.11 Å². The fourth-order valence-corrected chi connectivity index (χ4v) is 4.80. The Morgan fingerprint density at radius 3 is 2.34 bits per heavy atom. The molecule has 0 saturated carbocycles. The van der Waals surface area contributed by atoms with Crippen molar-refractivity contribution >= 4 is 30.3 Å². The van der Waals surface area contributed by atoms with E-state index in [1.165, 1.54) is 11.8 Å². The number of likely N-dealkylation sites (tertiary alicyclic amines) is 1. The van der Waals surface area contributed by atoms with E-state index < -0.39 is 5.54 Å². The van der Waals surface area contributed by atoms with E-state index in [0.29, 0.717) is 25.9 Å². The number of benzene rings is 2. The van der Waals surface area contributed by atoms with Gasteiger partial charge in [0.15, 0.2) is 0 Å². The normalized spacial score (nSPS) is 18.1. The Labute approximate surface area is 212 Å². The highest BCUT2D eigenvalue weighted by Gasteiger charge is 2.52. The molecule has 8 nitrogen and oxygen atoms in total. The van der Waals surface area contributed by atoms with Crippen LogP contribution in [0.3, 0.4) is 0 Å². The molecule has 1 spiro atoms. The second-order valence-electron chi connectivity index (χ2n) is 9.05. The zero-order chi connectivity index (χ0) is 24.1. The van der Waals surface area contributed by atoms with Gasteiger partial charge in [0.25, 0.3) is 5.91 Å². The predicted molar refractivity (Wildman–Crippen MR) is 135 cm³/mol. The Balaban J connectivity index is 0.00000342. The molecule has 1 atom stereocenters. The zero-order valence-electron chi connectivity index (χ0n) is 20.2. The number of urea groups is 1. The number of piperidine rings is 1. The summed E-state index contributed by atoms with van der Waals surface area (Å²) in [4.78, 5) is 41.2. The minimum absolute atomic E-state index is 0. The molecule has 0 unspecified atom stereocenters. The number of hydrogen-bond donors (Lipinski definition) is 2. The van der Waals surface area contributed by atoms with Gasteiger partial charge in [-0.25, -0.2) is 4.79 Å². The third-order valence-corrected chi connectivity index (χ3v) is 6.77. The molecule has 2 fully saturated rings. The van der Waals surface area contributed by atoms with E-state index >= 15 is 0 Å². The van der Waals surface area contributed by atoms with Gasteiger partial charge in [-0.05, 0) is 42.5 Å². The molecule has 2 heterocycles. The summed E-state index contributed by atoms with van der Waals surface area (Å²) >= 11 is 0. The number of carbonyl (C=O) groups is 3. The Morgan fingerprint density at radius 2 is 1.74 bits per heavy atom. The lowest BCUT2D eigenvalue weighted by atomic mass is 9.87. The third kappa shape index (κ3) is 6.13. The van der Waals surface area contributed by atoms with Crippen LogP contribution in [0, 0.1) is 0 Å². The first-order valence-corrected chi connectivity index (χ1v) is 11.7. The van der Waals surface area contributed by atoms with Crippen molar-refractivity contribution in [1.82, 2.24) is 20.4 Å². The van der Waals surface area contributed by atoms with Gasteiger partial charge in [0.2, 0.25) is 5.91 Å². The maximum atomic E-state index is 13.3. The van der Waals surface area contributed by atoms with Crippen LogP contribution in [0.2, 0.25) is 0 Å². The number of ether oxygens (including phenoxy) is 1. The van der Waals surface area contributed by atoms with E-state index in [0.717, 1.165) is 29.8 Å². The van der Waals surface area contributed by atoms with E-state index in [4.69, 9.17) is 4.74 Å². The number of carbonyl (C=O) groups excluding carboxylic acids is 3. The van der Waals surface area contributed by atoms with Gasteiger partial charge in [-0.1, -0.05) is 42.5 Å². The number of imide groups is 1. The summed E-state index contributed by atoms with van der Waals surface area (Å²) in [6.45, 7) is 4.00. The topological polar surface area (TPSA) is 91.0 Å². The molecule has 0 radical (unpaired) electrons. The zero-order valence-corrected chi connectivity index (χ0v) is 21.0. The largest absolute Gasteiger partial charge is 0.497 e. The van der Waals surface area contributed by atoms with Gasteiger partial charge in [0, 0.05) is 26.6 Å². The number of nitrogens with one attached hydrogen (secondary N) is 2. The van der Waals surface area contributed by atoms with Crippen molar-refractivity contribution in [3.8, 4) is 5.75 Å². The van der Waals surface area contributed by atoms with Crippen molar-refractivity contribution in [1.29, 1.82) is 0 Å². The Hall–Kier alpha value is -3.10. The number of hydrogen-bond acceptors (Lipinski definition) is 5. The first kappa shape index (κ1) is 26.5. The molecule has 35 heavy (non-hydrogen) atoms. The minimum atomic E-state index is -0.823. The van der Waals surface area contributed by atoms with E-state index in [1.807, 2.05) is 54.6 Å². The van der Waals surface area contributed by atoms with Crippen molar-refractivity contribution in [2.24, 2.45) is 0 Å². The second kappa shape index (κ2) is 11.6. The maximum absolute atomic E-state index is 13.3. The van der Waals surface area contributed by atoms with Crippen LogP contribution < -0.4 is 15.4 Å². The molecule has 2 saturated heterocycles. The Bertz CT molecular complexity index is 1020. The third-order valence-electron chi connectivity index (χ3n) is 6.77. The lowest BCUT2D eigenvalue weighted by Crippen LogP contribution is -2.55. The maximum Gasteiger partial charge on any atom is 0.325 e. The van der Waals surface area contributed by atoms with Crippen molar-refractivity contribution in [2.45, 2.75) is 44.3 Å². The first-order valence-electron chi connectivity index (χ1n) is 11.7. The Morgan fingerprint density at radius 1 is 1.09 bits per heavy atom. The summed E-state index contributed by atoms with van der Waals surface area (Å²) < 4.78 is 5.17. The molecule has 2 aliphatic heterocycles. The van der Waals surface area contributed by atoms with Crippen molar-refractivity contribution in [3.63, 3.8) is 0 Å². The highest BCUT2D eigenvalue weighted by molar-refractivity contribution is 6.07. The van der Waals surface area contributed by atoms with Crippen molar-refractivity contribution in [2.75, 3.05) is 26.7 Å². The van der Waals surface area contributed by atoms with Crippen LogP contribution >= 0.6 is 12.4 Å². The van der Waals surface area contributed by atoms with Gasteiger partial charge in [-0.15, -0.1) is 12.4 Å². The average molecular weight is 501 g/mol. The van der Waals surface area contributed by atoms with Crippen LogP contribution in [-0.4, -0.2) is 59.9 Å². The highest BCUT2D eigenvalue weighted by atomic mass is 35.5. The van der Waals surface area contributed by atoms with Gasteiger partial charge in [0.05, 0.1) is 19.7 Å². The standard InChI is InChI=1S/C26H32N4O4.ClH/c1-19(31)27-23(21-6-4-3-5-7-21)12-15-29-16-13-26(14-17-29)24(32)30(25(33)28-26)18-20-8-10-22(34-2)11-9-20;/h3-11,23H,12-18H2,1-2H3,(H,27,31)(H,28,33);1H/t23-;/m0./s1. The lowest BCUT2D eigenvalue weighted by molar-refractivity contribution is -0.133. The van der Waals surface area contributed by atoms with E-state index in [-0.39, 0.29) is 42.8 Å². The van der Waals surface area contributed by atoms with Crippen molar-refractivity contribution < 1.29 is 19.1 Å². The average Bonchev–Trinajstić information content (AvgIpc) is 3.07. The molecule has 9 heteroatoms. The summed E-state index contributed by atoms with van der Waals surface area (Å²) in [5, 5.41) is 6.02. The molecular weight excluding hydrogens is 468 g/mol. The lowest BCUT2D eigenvalue weighted by Gasteiger charge is -2.37. The molecule has 4 rings (SSSR count). The predicted octanol–water partition coefficient (Wildman–Crippen LogP) is 3.27. The van der Waals surface area contributed by atoms with Crippen LogP contribution in [0.25, 0.3) is 0 Å². The summed E-state index contributed by atoms with van der Waals surface area (Å²) in [5.74, 6) is 0.536. The minimum Gasteiger partial charge on any atom is -0.497 e. The van der Waals surface area contributed by atoms with E-state index in [2.05, 4.69) is 15.5 Å². The molecule has 2 aromatic rings. The van der Waals surface area contributed by atoms with Gasteiger partial charge in [0.1, 0.15) is 11.3 Å². The number of nitrogens with zero attached hydrogens (tertiary/aromatic N) is 2. The van der Waals surface area contributed by atoms with Gasteiger partial charge < -0.3 is 20.3 Å².